The molecule has 0 bridgehead atoms. The van der Waals surface area contributed by atoms with E-state index in [0.29, 0.717) is 23.7 Å². The Morgan fingerprint density at radius 3 is 2.50 bits per heavy atom. The number of ether oxygens (including phenoxy) is 1. The Balaban J connectivity index is 2.11. The third-order valence-electron chi connectivity index (χ3n) is 5.63. The molecular weight excluding hydrogens is 400 g/mol. The summed E-state index contributed by atoms with van der Waals surface area (Å²) >= 11 is 7.61. The van der Waals surface area contributed by atoms with Gasteiger partial charge in [-0.15, -0.1) is 0 Å². The molecule has 3 rings (SSSR count). The lowest BCUT2D eigenvalue weighted by molar-refractivity contribution is -0.156. The Morgan fingerprint density at radius 1 is 1.25 bits per heavy atom. The van der Waals surface area contributed by atoms with E-state index in [2.05, 4.69) is 5.32 Å². The molecule has 2 aliphatic rings. The first kappa shape index (κ1) is 21.1. The van der Waals surface area contributed by atoms with Crippen LogP contribution in [0.2, 0.25) is 5.02 Å². The molecule has 0 spiro atoms. The summed E-state index contributed by atoms with van der Waals surface area (Å²) in [7, 11) is 0. The molecule has 0 unspecified atom stereocenters. The predicted molar refractivity (Wildman–Crippen MR) is 109 cm³/mol. The standard InChI is InChI=1S/C20H25ClN2O4S/c1-4-23-17(24)14-15(18(23)25)20(10-11-28-3,19(26)27-5-2)22-16(14)12-6-8-13(21)9-7-12/h6-9,14-16,22H,4-5,10-11H2,1-3H3/t14-,15-,16+,20+/m0/s1. The molecule has 2 saturated heterocycles. The summed E-state index contributed by atoms with van der Waals surface area (Å²) in [6.45, 7) is 4.02. The van der Waals surface area contributed by atoms with Crippen molar-refractivity contribution >= 4 is 41.1 Å². The van der Waals surface area contributed by atoms with E-state index in [1.807, 2.05) is 18.4 Å². The van der Waals surface area contributed by atoms with Crippen LogP contribution in [0, 0.1) is 11.8 Å². The number of nitrogens with one attached hydrogen (secondary N) is 1. The minimum absolute atomic E-state index is 0.212. The highest BCUT2D eigenvalue weighted by Crippen LogP contribution is 2.50. The van der Waals surface area contributed by atoms with E-state index in [1.54, 1.807) is 37.7 Å². The van der Waals surface area contributed by atoms with Crippen molar-refractivity contribution in [1.82, 2.24) is 10.2 Å². The molecule has 0 saturated carbocycles. The van der Waals surface area contributed by atoms with E-state index >= 15 is 0 Å². The highest BCUT2D eigenvalue weighted by atomic mass is 35.5. The number of rotatable bonds is 7. The van der Waals surface area contributed by atoms with Gasteiger partial charge < -0.3 is 4.74 Å². The summed E-state index contributed by atoms with van der Waals surface area (Å²) in [4.78, 5) is 40.6. The monoisotopic (exact) mass is 424 g/mol. The van der Waals surface area contributed by atoms with Gasteiger partial charge in [-0.2, -0.15) is 11.8 Å². The molecule has 28 heavy (non-hydrogen) atoms. The van der Waals surface area contributed by atoms with Crippen molar-refractivity contribution in [2.75, 3.05) is 25.2 Å². The number of amides is 2. The molecular formula is C20H25ClN2O4S. The molecule has 2 heterocycles. The fraction of sp³-hybridized carbons (Fsp3) is 0.550. The van der Waals surface area contributed by atoms with Crippen molar-refractivity contribution in [3.05, 3.63) is 34.9 Å². The lowest BCUT2D eigenvalue weighted by Crippen LogP contribution is -2.56. The zero-order valence-electron chi connectivity index (χ0n) is 16.2. The molecule has 0 aliphatic carbocycles. The molecule has 8 heteroatoms. The maximum Gasteiger partial charge on any atom is 0.327 e. The van der Waals surface area contributed by atoms with Gasteiger partial charge in [0.05, 0.1) is 18.4 Å². The lowest BCUT2D eigenvalue weighted by Gasteiger charge is -2.32. The van der Waals surface area contributed by atoms with E-state index in [0.717, 1.165) is 5.56 Å². The zero-order chi connectivity index (χ0) is 20.5. The number of imide groups is 1. The number of hydrogen-bond acceptors (Lipinski definition) is 6. The number of halogens is 1. The van der Waals surface area contributed by atoms with Crippen LogP contribution in [0.3, 0.4) is 0 Å². The number of hydrogen-bond donors (Lipinski definition) is 1. The van der Waals surface area contributed by atoms with Crippen LogP contribution in [0.25, 0.3) is 0 Å². The molecule has 1 aromatic carbocycles. The molecule has 2 aliphatic heterocycles. The molecule has 4 atom stereocenters. The average molecular weight is 425 g/mol. The number of carbonyl (C=O) groups is 3. The van der Waals surface area contributed by atoms with Crippen molar-refractivity contribution in [1.29, 1.82) is 0 Å². The van der Waals surface area contributed by atoms with E-state index in [4.69, 9.17) is 16.3 Å². The summed E-state index contributed by atoms with van der Waals surface area (Å²) in [5.74, 6) is -1.74. The molecule has 2 fully saturated rings. The first-order valence-corrected chi connectivity index (χ1v) is 11.2. The van der Waals surface area contributed by atoms with Gasteiger partial charge in [0, 0.05) is 17.6 Å². The molecule has 1 aromatic rings. The van der Waals surface area contributed by atoms with Crippen molar-refractivity contribution in [3.63, 3.8) is 0 Å². The molecule has 2 amide bonds. The number of fused-ring (bicyclic) bond motifs is 1. The summed E-state index contributed by atoms with van der Waals surface area (Å²) in [5, 5.41) is 3.95. The van der Waals surface area contributed by atoms with Crippen LogP contribution in [-0.2, 0) is 19.1 Å². The maximum absolute atomic E-state index is 13.2. The van der Waals surface area contributed by atoms with Gasteiger partial charge in [0.1, 0.15) is 5.54 Å². The molecule has 1 N–H and O–H groups in total. The largest absolute Gasteiger partial charge is 0.465 e. The number of benzene rings is 1. The summed E-state index contributed by atoms with van der Waals surface area (Å²) in [5.41, 5.74) is -0.390. The second-order valence-corrected chi connectivity index (χ2v) is 8.45. The normalized spacial score (nSPS) is 29.3. The second-order valence-electron chi connectivity index (χ2n) is 7.03. The van der Waals surface area contributed by atoms with Gasteiger partial charge in [-0.05, 0) is 50.0 Å². The third kappa shape index (κ3) is 3.33. The highest BCUT2D eigenvalue weighted by molar-refractivity contribution is 7.98. The maximum atomic E-state index is 13.2. The van der Waals surface area contributed by atoms with Crippen LogP contribution in [0.15, 0.2) is 24.3 Å². The minimum atomic E-state index is -1.22. The first-order chi connectivity index (χ1) is 13.4. The van der Waals surface area contributed by atoms with Crippen LogP contribution in [0.1, 0.15) is 31.9 Å². The number of thioether (sulfide) groups is 1. The van der Waals surface area contributed by atoms with Crippen LogP contribution in [-0.4, -0.2) is 53.4 Å². The molecule has 0 aromatic heterocycles. The van der Waals surface area contributed by atoms with Gasteiger partial charge in [0.2, 0.25) is 11.8 Å². The van der Waals surface area contributed by atoms with Gasteiger partial charge in [0.25, 0.3) is 0 Å². The van der Waals surface area contributed by atoms with Crippen LogP contribution in [0.4, 0.5) is 0 Å². The predicted octanol–water partition coefficient (Wildman–Crippen LogP) is 2.66. The topological polar surface area (TPSA) is 75.7 Å². The second kappa shape index (κ2) is 8.43. The van der Waals surface area contributed by atoms with Crippen LogP contribution < -0.4 is 5.32 Å². The molecule has 152 valence electrons. The van der Waals surface area contributed by atoms with Crippen molar-refractivity contribution in [3.8, 4) is 0 Å². The number of nitrogens with zero attached hydrogens (tertiary/aromatic N) is 1. The Bertz CT molecular complexity index is 772. The first-order valence-electron chi connectivity index (χ1n) is 9.45. The average Bonchev–Trinajstić information content (AvgIpc) is 3.15. The van der Waals surface area contributed by atoms with Crippen molar-refractivity contribution in [2.45, 2.75) is 31.8 Å². The Labute approximate surface area is 174 Å². The number of likely N-dealkylation sites (tertiary alicyclic amines) is 1. The SMILES string of the molecule is CCOC(=O)[C@]1(CCSC)N[C@H](c2ccc(Cl)cc2)[C@H]2C(=O)N(CC)C(=O)[C@H]21. The summed E-state index contributed by atoms with van der Waals surface area (Å²) < 4.78 is 5.38. The van der Waals surface area contributed by atoms with E-state index in [1.165, 1.54) is 4.90 Å². The number of carbonyl (C=O) groups excluding carboxylic acids is 3. The highest BCUT2D eigenvalue weighted by Gasteiger charge is 2.68. The van der Waals surface area contributed by atoms with E-state index in [9.17, 15) is 14.4 Å². The quantitative estimate of drug-likeness (QED) is 0.535. The van der Waals surface area contributed by atoms with Gasteiger partial charge in [-0.1, -0.05) is 23.7 Å². The van der Waals surface area contributed by atoms with Gasteiger partial charge >= 0.3 is 5.97 Å². The molecule has 0 radical (unpaired) electrons. The summed E-state index contributed by atoms with van der Waals surface area (Å²) in [6, 6.07) is 6.71. The van der Waals surface area contributed by atoms with Crippen molar-refractivity contribution < 1.29 is 19.1 Å². The summed E-state index contributed by atoms with van der Waals surface area (Å²) in [6.07, 6.45) is 2.36. The minimum Gasteiger partial charge on any atom is -0.465 e. The van der Waals surface area contributed by atoms with Crippen molar-refractivity contribution in [2.24, 2.45) is 11.8 Å². The van der Waals surface area contributed by atoms with Gasteiger partial charge in [-0.3, -0.25) is 24.6 Å². The van der Waals surface area contributed by atoms with Gasteiger partial charge in [-0.25, -0.2) is 0 Å². The van der Waals surface area contributed by atoms with Crippen LogP contribution >= 0.6 is 23.4 Å². The fourth-order valence-electron chi connectivity index (χ4n) is 4.37. The lowest BCUT2D eigenvalue weighted by atomic mass is 9.78. The Kier molecular flexibility index (Phi) is 6.37. The van der Waals surface area contributed by atoms with Gasteiger partial charge in [0.15, 0.2) is 0 Å². The van der Waals surface area contributed by atoms with E-state index < -0.39 is 29.4 Å². The Morgan fingerprint density at radius 2 is 1.93 bits per heavy atom. The molecule has 6 nitrogen and oxygen atoms in total. The van der Waals surface area contributed by atoms with Crippen LogP contribution in [0.5, 0.6) is 0 Å². The zero-order valence-corrected chi connectivity index (χ0v) is 17.8. The third-order valence-corrected chi connectivity index (χ3v) is 6.50. The smallest absolute Gasteiger partial charge is 0.327 e. The Hall–Kier alpha value is -1.57. The number of esters is 1. The fourth-order valence-corrected chi connectivity index (χ4v) is 5.03. The van der Waals surface area contributed by atoms with E-state index in [-0.39, 0.29) is 18.4 Å².